The van der Waals surface area contributed by atoms with Crippen LogP contribution in [0.4, 0.5) is 5.82 Å². The maximum atomic E-state index is 8.78. The highest BCUT2D eigenvalue weighted by Gasteiger charge is 2.11. The largest absolute Gasteiger partial charge is 0.475 e. The number of aliphatic hydroxyl groups excluding tert-OH is 1. The Hall–Kier alpha value is -1.36. The molecule has 5 heteroatoms. The molecule has 0 bridgehead atoms. The van der Waals surface area contributed by atoms with Crippen LogP contribution >= 0.6 is 0 Å². The quantitative estimate of drug-likeness (QED) is 0.755. The summed E-state index contributed by atoms with van der Waals surface area (Å²) in [6, 6.07) is 0. The zero-order chi connectivity index (χ0) is 12.7. The van der Waals surface area contributed by atoms with Crippen molar-refractivity contribution in [2.24, 2.45) is 0 Å². The van der Waals surface area contributed by atoms with Gasteiger partial charge in [-0.05, 0) is 20.3 Å². The van der Waals surface area contributed by atoms with Gasteiger partial charge < -0.3 is 15.2 Å². The minimum atomic E-state index is -0.0108. The van der Waals surface area contributed by atoms with E-state index in [4.69, 9.17) is 9.84 Å². The second-order valence-electron chi connectivity index (χ2n) is 3.77. The standard InChI is InChI=1S/C12H21N3O2/c1-4-6-10-14-11(13-5-2)9(3)12(15-10)17-8-7-16/h16H,4-8H2,1-3H3,(H,13,14,15). The van der Waals surface area contributed by atoms with Gasteiger partial charge in [-0.1, -0.05) is 6.92 Å². The lowest BCUT2D eigenvalue weighted by molar-refractivity contribution is 0.195. The summed E-state index contributed by atoms with van der Waals surface area (Å²) in [5, 5.41) is 12.0. The van der Waals surface area contributed by atoms with Gasteiger partial charge in [0, 0.05) is 13.0 Å². The van der Waals surface area contributed by atoms with Crippen molar-refractivity contribution in [3.63, 3.8) is 0 Å². The normalized spacial score (nSPS) is 10.4. The molecular weight excluding hydrogens is 218 g/mol. The Bertz CT molecular complexity index is 356. The van der Waals surface area contributed by atoms with Gasteiger partial charge in [0.15, 0.2) is 0 Å². The number of hydrogen-bond donors (Lipinski definition) is 2. The molecule has 1 aromatic heterocycles. The van der Waals surface area contributed by atoms with Gasteiger partial charge in [0.05, 0.1) is 12.2 Å². The molecule has 1 heterocycles. The molecule has 0 radical (unpaired) electrons. The molecule has 0 aliphatic carbocycles. The lowest BCUT2D eigenvalue weighted by Crippen LogP contribution is -2.11. The smallest absolute Gasteiger partial charge is 0.221 e. The monoisotopic (exact) mass is 239 g/mol. The molecule has 1 aromatic rings. The van der Waals surface area contributed by atoms with Gasteiger partial charge in [0.25, 0.3) is 0 Å². The minimum Gasteiger partial charge on any atom is -0.475 e. The van der Waals surface area contributed by atoms with Crippen LogP contribution in [0.3, 0.4) is 0 Å². The molecule has 2 N–H and O–H groups in total. The molecule has 0 spiro atoms. The van der Waals surface area contributed by atoms with E-state index in [9.17, 15) is 0 Å². The fourth-order valence-corrected chi connectivity index (χ4v) is 1.50. The SMILES string of the molecule is CCCc1nc(NCC)c(C)c(OCCO)n1. The van der Waals surface area contributed by atoms with Crippen molar-refractivity contribution in [3.05, 3.63) is 11.4 Å². The molecule has 0 atom stereocenters. The van der Waals surface area contributed by atoms with E-state index in [1.54, 1.807) is 0 Å². The van der Waals surface area contributed by atoms with Crippen molar-refractivity contribution in [1.82, 2.24) is 9.97 Å². The van der Waals surface area contributed by atoms with Crippen LogP contribution in [-0.2, 0) is 6.42 Å². The Kier molecular flexibility index (Phi) is 5.69. The van der Waals surface area contributed by atoms with Crippen LogP contribution in [0.1, 0.15) is 31.7 Å². The number of hydrogen-bond acceptors (Lipinski definition) is 5. The number of aliphatic hydroxyl groups is 1. The number of anilines is 1. The van der Waals surface area contributed by atoms with Gasteiger partial charge in [-0.25, -0.2) is 4.98 Å². The number of nitrogens with zero attached hydrogens (tertiary/aromatic N) is 2. The zero-order valence-electron chi connectivity index (χ0n) is 10.8. The predicted octanol–water partition coefficient (Wildman–Crippen LogP) is 1.54. The maximum absolute atomic E-state index is 8.78. The van der Waals surface area contributed by atoms with Gasteiger partial charge in [0.2, 0.25) is 5.88 Å². The highest BCUT2D eigenvalue weighted by Crippen LogP contribution is 2.22. The van der Waals surface area contributed by atoms with Crippen molar-refractivity contribution >= 4 is 5.82 Å². The molecule has 0 fully saturated rings. The van der Waals surface area contributed by atoms with Crippen LogP contribution in [0.25, 0.3) is 0 Å². The molecule has 0 aromatic carbocycles. The summed E-state index contributed by atoms with van der Waals surface area (Å²) in [7, 11) is 0. The molecule has 1 rings (SSSR count). The van der Waals surface area contributed by atoms with E-state index < -0.39 is 0 Å². The van der Waals surface area contributed by atoms with E-state index in [1.807, 2.05) is 13.8 Å². The zero-order valence-corrected chi connectivity index (χ0v) is 10.8. The van der Waals surface area contributed by atoms with Crippen LogP contribution in [0.5, 0.6) is 5.88 Å². The van der Waals surface area contributed by atoms with Crippen LogP contribution < -0.4 is 10.1 Å². The Morgan fingerprint density at radius 1 is 1.29 bits per heavy atom. The third kappa shape index (κ3) is 3.85. The van der Waals surface area contributed by atoms with Gasteiger partial charge in [-0.2, -0.15) is 4.98 Å². The highest BCUT2D eigenvalue weighted by molar-refractivity contribution is 5.48. The molecule has 5 nitrogen and oxygen atoms in total. The van der Waals surface area contributed by atoms with E-state index in [2.05, 4.69) is 22.2 Å². The first kappa shape index (κ1) is 13.7. The summed E-state index contributed by atoms with van der Waals surface area (Å²) >= 11 is 0. The lowest BCUT2D eigenvalue weighted by atomic mass is 10.2. The van der Waals surface area contributed by atoms with Gasteiger partial charge in [0.1, 0.15) is 18.2 Å². The summed E-state index contributed by atoms with van der Waals surface area (Å²) < 4.78 is 5.42. The average molecular weight is 239 g/mol. The molecule has 0 amide bonds. The fraction of sp³-hybridized carbons (Fsp3) is 0.667. The van der Waals surface area contributed by atoms with E-state index in [0.29, 0.717) is 5.88 Å². The van der Waals surface area contributed by atoms with Gasteiger partial charge in [-0.15, -0.1) is 0 Å². The first-order valence-electron chi connectivity index (χ1n) is 6.07. The number of rotatable bonds is 7. The Morgan fingerprint density at radius 3 is 2.65 bits per heavy atom. The number of ether oxygens (including phenoxy) is 1. The van der Waals surface area contributed by atoms with Gasteiger partial charge >= 0.3 is 0 Å². The Morgan fingerprint density at radius 2 is 2.06 bits per heavy atom. The van der Waals surface area contributed by atoms with Crippen LogP contribution in [0, 0.1) is 6.92 Å². The molecule has 0 saturated carbocycles. The summed E-state index contributed by atoms with van der Waals surface area (Å²) in [5.41, 5.74) is 0.889. The molecule has 17 heavy (non-hydrogen) atoms. The van der Waals surface area contributed by atoms with Crippen molar-refractivity contribution in [2.45, 2.75) is 33.6 Å². The second kappa shape index (κ2) is 7.06. The molecule has 96 valence electrons. The topological polar surface area (TPSA) is 67.3 Å². The average Bonchev–Trinajstić information content (AvgIpc) is 2.32. The third-order valence-electron chi connectivity index (χ3n) is 2.30. The molecule has 0 aliphatic rings. The Balaban J connectivity index is 2.99. The van der Waals surface area contributed by atoms with Crippen molar-refractivity contribution in [3.8, 4) is 5.88 Å². The summed E-state index contributed by atoms with van der Waals surface area (Å²) in [6.07, 6.45) is 1.82. The molecular formula is C12H21N3O2. The molecule has 0 saturated heterocycles. The molecule has 0 aliphatic heterocycles. The number of nitrogens with one attached hydrogen (secondary N) is 1. The van der Waals surface area contributed by atoms with E-state index in [0.717, 1.165) is 36.6 Å². The minimum absolute atomic E-state index is 0.0108. The Labute approximate surface area is 102 Å². The summed E-state index contributed by atoms with van der Waals surface area (Å²) in [6.45, 7) is 7.08. The first-order chi connectivity index (χ1) is 8.22. The van der Waals surface area contributed by atoms with Crippen LogP contribution in [0.15, 0.2) is 0 Å². The van der Waals surface area contributed by atoms with Crippen molar-refractivity contribution < 1.29 is 9.84 Å². The van der Waals surface area contributed by atoms with E-state index in [-0.39, 0.29) is 13.2 Å². The van der Waals surface area contributed by atoms with E-state index in [1.165, 1.54) is 0 Å². The maximum Gasteiger partial charge on any atom is 0.221 e. The predicted molar refractivity (Wildman–Crippen MR) is 67.5 cm³/mol. The first-order valence-corrected chi connectivity index (χ1v) is 6.07. The summed E-state index contributed by atoms with van der Waals surface area (Å²) in [5.74, 6) is 2.16. The highest BCUT2D eigenvalue weighted by atomic mass is 16.5. The number of aryl methyl sites for hydroxylation is 1. The third-order valence-corrected chi connectivity index (χ3v) is 2.30. The summed E-state index contributed by atoms with van der Waals surface area (Å²) in [4.78, 5) is 8.81. The second-order valence-corrected chi connectivity index (χ2v) is 3.77. The molecule has 0 unspecified atom stereocenters. The van der Waals surface area contributed by atoms with Crippen LogP contribution in [0.2, 0.25) is 0 Å². The van der Waals surface area contributed by atoms with E-state index >= 15 is 0 Å². The van der Waals surface area contributed by atoms with Crippen molar-refractivity contribution in [2.75, 3.05) is 25.1 Å². The number of aromatic nitrogens is 2. The fourth-order valence-electron chi connectivity index (χ4n) is 1.50. The van der Waals surface area contributed by atoms with Crippen LogP contribution in [-0.4, -0.2) is 34.8 Å². The van der Waals surface area contributed by atoms with Crippen molar-refractivity contribution in [1.29, 1.82) is 0 Å². The van der Waals surface area contributed by atoms with Gasteiger partial charge in [-0.3, -0.25) is 0 Å². The lowest BCUT2D eigenvalue weighted by Gasteiger charge is -2.13.